The fraction of sp³-hybridized carbons (Fsp3) is 0.611. The zero-order chi connectivity index (χ0) is 17.2. The quantitative estimate of drug-likeness (QED) is 0.793. The molecule has 134 valence electrons. The minimum absolute atomic E-state index is 0.0882. The van der Waals surface area contributed by atoms with E-state index in [-0.39, 0.29) is 11.2 Å². The second kappa shape index (κ2) is 7.23. The van der Waals surface area contributed by atoms with E-state index in [0.29, 0.717) is 12.1 Å². The van der Waals surface area contributed by atoms with Gasteiger partial charge in [0, 0.05) is 12.1 Å². The van der Waals surface area contributed by atoms with Crippen LogP contribution in [0.25, 0.3) is 11.6 Å². The zero-order valence-corrected chi connectivity index (χ0v) is 15.3. The van der Waals surface area contributed by atoms with E-state index in [1.807, 2.05) is 19.1 Å². The number of nitrogens with one attached hydrogen (secondary N) is 1. The van der Waals surface area contributed by atoms with Gasteiger partial charge in [-0.15, -0.1) is 10.2 Å². The second-order valence-corrected chi connectivity index (χ2v) is 8.30. The second-order valence-electron chi connectivity index (χ2n) is 6.99. The molecule has 1 amide bonds. The number of carbonyl (C=O) groups excluding carboxylic acids is 1. The molecular weight excluding hydrogens is 336 g/mol. The lowest BCUT2D eigenvalue weighted by molar-refractivity contribution is -0.120. The highest BCUT2D eigenvalue weighted by atomic mass is 32.2. The molecule has 0 saturated heterocycles. The molecule has 0 radical (unpaired) electrons. The SMILES string of the molecule is CC(Sc1nnc(-c2ccco2)n1C1CCCCC1)C(=O)NC1CC1. The van der Waals surface area contributed by atoms with E-state index in [1.165, 1.54) is 31.0 Å². The molecule has 0 aromatic carbocycles. The van der Waals surface area contributed by atoms with Crippen LogP contribution in [0.1, 0.15) is 57.9 Å². The van der Waals surface area contributed by atoms with Crippen molar-refractivity contribution in [2.75, 3.05) is 0 Å². The van der Waals surface area contributed by atoms with E-state index >= 15 is 0 Å². The Morgan fingerprint density at radius 2 is 2.08 bits per heavy atom. The number of furan rings is 1. The predicted octanol–water partition coefficient (Wildman–Crippen LogP) is 3.80. The first kappa shape index (κ1) is 16.7. The standard InChI is InChI=1S/C18H24N4O2S/c1-12(17(23)19-13-9-10-13)25-18-21-20-16(15-8-5-11-24-15)22(18)14-6-3-2-4-7-14/h5,8,11-14H,2-4,6-7,9-10H2,1H3,(H,19,23). The maximum atomic E-state index is 12.3. The van der Waals surface area contributed by atoms with Crippen LogP contribution in [0.3, 0.4) is 0 Å². The van der Waals surface area contributed by atoms with E-state index in [9.17, 15) is 4.79 Å². The summed E-state index contributed by atoms with van der Waals surface area (Å²) in [7, 11) is 0. The van der Waals surface area contributed by atoms with Crippen LogP contribution in [0.5, 0.6) is 0 Å². The van der Waals surface area contributed by atoms with Gasteiger partial charge in [0.2, 0.25) is 11.7 Å². The summed E-state index contributed by atoms with van der Waals surface area (Å²) in [6.07, 6.45) is 9.85. The Hall–Kier alpha value is -1.76. The zero-order valence-electron chi connectivity index (χ0n) is 14.5. The normalized spacial score (nSPS) is 19.7. The Labute approximate surface area is 151 Å². The van der Waals surface area contributed by atoms with Crippen molar-refractivity contribution in [3.05, 3.63) is 18.4 Å². The average molecular weight is 360 g/mol. The molecular formula is C18H24N4O2S. The number of amides is 1. The van der Waals surface area contributed by atoms with Gasteiger partial charge in [0.05, 0.1) is 11.5 Å². The smallest absolute Gasteiger partial charge is 0.233 e. The Kier molecular flexibility index (Phi) is 4.83. The Bertz CT molecular complexity index is 718. The number of carbonyl (C=O) groups is 1. The van der Waals surface area contributed by atoms with E-state index in [2.05, 4.69) is 20.1 Å². The minimum Gasteiger partial charge on any atom is -0.461 e. The summed E-state index contributed by atoms with van der Waals surface area (Å²) in [5.74, 6) is 1.60. The Morgan fingerprint density at radius 3 is 2.76 bits per heavy atom. The number of aromatic nitrogens is 3. The van der Waals surface area contributed by atoms with E-state index < -0.39 is 0 Å². The molecule has 2 aromatic rings. The highest BCUT2D eigenvalue weighted by molar-refractivity contribution is 8.00. The molecule has 7 heteroatoms. The van der Waals surface area contributed by atoms with Crippen molar-refractivity contribution in [1.82, 2.24) is 20.1 Å². The average Bonchev–Trinajstić information content (AvgIpc) is 3.12. The van der Waals surface area contributed by atoms with Crippen LogP contribution < -0.4 is 5.32 Å². The molecule has 2 saturated carbocycles. The van der Waals surface area contributed by atoms with E-state index in [4.69, 9.17) is 4.42 Å². The van der Waals surface area contributed by atoms with Gasteiger partial charge >= 0.3 is 0 Å². The van der Waals surface area contributed by atoms with Gasteiger partial charge < -0.3 is 9.73 Å². The summed E-state index contributed by atoms with van der Waals surface area (Å²) >= 11 is 1.50. The molecule has 1 atom stereocenters. The van der Waals surface area contributed by atoms with Crippen molar-refractivity contribution in [3.63, 3.8) is 0 Å². The molecule has 1 unspecified atom stereocenters. The van der Waals surface area contributed by atoms with Crippen molar-refractivity contribution in [2.24, 2.45) is 0 Å². The summed E-state index contributed by atoms with van der Waals surface area (Å²) in [5, 5.41) is 12.5. The first-order valence-corrected chi connectivity index (χ1v) is 10.1. The topological polar surface area (TPSA) is 73.0 Å². The summed E-state index contributed by atoms with van der Waals surface area (Å²) < 4.78 is 7.76. The molecule has 0 aliphatic heterocycles. The summed E-state index contributed by atoms with van der Waals surface area (Å²) in [6, 6.07) is 4.55. The maximum absolute atomic E-state index is 12.3. The van der Waals surface area contributed by atoms with Gasteiger partial charge in [-0.1, -0.05) is 31.0 Å². The largest absolute Gasteiger partial charge is 0.461 e. The van der Waals surface area contributed by atoms with Gasteiger partial charge in [-0.3, -0.25) is 9.36 Å². The summed E-state index contributed by atoms with van der Waals surface area (Å²) in [4.78, 5) is 12.3. The first-order chi connectivity index (χ1) is 12.2. The van der Waals surface area contributed by atoms with Crippen molar-refractivity contribution < 1.29 is 9.21 Å². The van der Waals surface area contributed by atoms with Crippen LogP contribution in [-0.2, 0) is 4.79 Å². The van der Waals surface area contributed by atoms with Gasteiger partial charge in [-0.2, -0.15) is 0 Å². The fourth-order valence-electron chi connectivity index (χ4n) is 3.36. The lowest BCUT2D eigenvalue weighted by Crippen LogP contribution is -2.32. The molecule has 4 rings (SSSR count). The number of rotatable bonds is 6. The van der Waals surface area contributed by atoms with Crippen LogP contribution in [0.2, 0.25) is 0 Å². The molecule has 0 spiro atoms. The number of hydrogen-bond donors (Lipinski definition) is 1. The van der Waals surface area contributed by atoms with Gasteiger partial charge in [0.15, 0.2) is 10.9 Å². The monoisotopic (exact) mass is 360 g/mol. The predicted molar refractivity (Wildman–Crippen MR) is 96.3 cm³/mol. The van der Waals surface area contributed by atoms with E-state index in [0.717, 1.165) is 42.4 Å². The van der Waals surface area contributed by atoms with Crippen LogP contribution in [0.15, 0.2) is 28.0 Å². The molecule has 2 aliphatic rings. The summed E-state index contributed by atoms with van der Waals surface area (Å²) in [5.41, 5.74) is 0. The van der Waals surface area contributed by atoms with Crippen LogP contribution >= 0.6 is 11.8 Å². The molecule has 2 aromatic heterocycles. The molecule has 2 fully saturated rings. The van der Waals surface area contributed by atoms with Gasteiger partial charge in [-0.25, -0.2) is 0 Å². The lowest BCUT2D eigenvalue weighted by atomic mass is 9.95. The summed E-state index contributed by atoms with van der Waals surface area (Å²) in [6.45, 7) is 1.94. The minimum atomic E-state index is -0.184. The van der Waals surface area contributed by atoms with Crippen molar-refractivity contribution >= 4 is 17.7 Å². The van der Waals surface area contributed by atoms with Crippen LogP contribution in [0.4, 0.5) is 0 Å². The Balaban J connectivity index is 1.58. The fourth-order valence-corrected chi connectivity index (χ4v) is 4.29. The highest BCUT2D eigenvalue weighted by Gasteiger charge is 2.29. The molecule has 0 bridgehead atoms. The van der Waals surface area contributed by atoms with Crippen molar-refractivity contribution in [2.45, 2.75) is 74.4 Å². The lowest BCUT2D eigenvalue weighted by Gasteiger charge is -2.25. The molecule has 6 nitrogen and oxygen atoms in total. The molecule has 2 heterocycles. The van der Waals surface area contributed by atoms with Crippen molar-refractivity contribution in [3.8, 4) is 11.6 Å². The Morgan fingerprint density at radius 1 is 1.28 bits per heavy atom. The third-order valence-corrected chi connectivity index (χ3v) is 5.98. The van der Waals surface area contributed by atoms with Gasteiger partial charge in [0.1, 0.15) is 0 Å². The number of thioether (sulfide) groups is 1. The third-order valence-electron chi connectivity index (χ3n) is 4.92. The first-order valence-electron chi connectivity index (χ1n) is 9.18. The molecule has 25 heavy (non-hydrogen) atoms. The number of hydrogen-bond acceptors (Lipinski definition) is 5. The number of nitrogens with zero attached hydrogens (tertiary/aromatic N) is 3. The maximum Gasteiger partial charge on any atom is 0.233 e. The molecule has 1 N–H and O–H groups in total. The van der Waals surface area contributed by atoms with E-state index in [1.54, 1.807) is 6.26 Å². The van der Waals surface area contributed by atoms with Crippen molar-refractivity contribution in [1.29, 1.82) is 0 Å². The highest BCUT2D eigenvalue weighted by Crippen LogP contribution is 2.36. The van der Waals surface area contributed by atoms with Gasteiger partial charge in [-0.05, 0) is 44.7 Å². The third kappa shape index (κ3) is 3.76. The van der Waals surface area contributed by atoms with Crippen LogP contribution in [-0.4, -0.2) is 32.0 Å². The molecule has 2 aliphatic carbocycles. The van der Waals surface area contributed by atoms with Crippen LogP contribution in [0, 0.1) is 0 Å². The van der Waals surface area contributed by atoms with Gasteiger partial charge in [0.25, 0.3) is 0 Å².